The van der Waals surface area contributed by atoms with Gasteiger partial charge in [0, 0.05) is 32.1 Å². The number of carbonyl (C=O) groups is 2. The van der Waals surface area contributed by atoms with Crippen LogP contribution in [0.1, 0.15) is 55.2 Å². The van der Waals surface area contributed by atoms with Gasteiger partial charge in [0.1, 0.15) is 0 Å². The van der Waals surface area contributed by atoms with Gasteiger partial charge in [0.2, 0.25) is 11.8 Å². The molecular formula is C35H49N3O6. The molecule has 2 amide bonds. The molecule has 0 spiro atoms. The van der Waals surface area contributed by atoms with Crippen molar-refractivity contribution in [1.82, 2.24) is 10.2 Å². The molecule has 0 saturated carbocycles. The number of ether oxygens (including phenoxy) is 4. The number of rotatable bonds is 21. The number of fused-ring (bicyclic) bond motifs is 4. The first-order valence-corrected chi connectivity index (χ1v) is 16.0. The van der Waals surface area contributed by atoms with Crippen molar-refractivity contribution in [3.8, 4) is 0 Å². The fourth-order valence-corrected chi connectivity index (χ4v) is 5.39. The van der Waals surface area contributed by atoms with Gasteiger partial charge in [-0.15, -0.1) is 0 Å². The van der Waals surface area contributed by atoms with Crippen LogP contribution < -0.4 is 10.2 Å². The van der Waals surface area contributed by atoms with Crippen LogP contribution in [0.25, 0.3) is 11.1 Å². The number of hydrogen-bond acceptors (Lipinski definition) is 7. The number of hydrogen-bond donors (Lipinski definition) is 1. The molecule has 1 aliphatic carbocycles. The lowest BCUT2D eigenvalue weighted by atomic mass is 10.0. The van der Waals surface area contributed by atoms with Crippen LogP contribution in [-0.4, -0.2) is 96.8 Å². The highest BCUT2D eigenvalue weighted by Crippen LogP contribution is 2.52. The maximum atomic E-state index is 13.5. The Morgan fingerprint density at radius 3 is 2.09 bits per heavy atom. The number of para-hydroxylation sites is 1. The van der Waals surface area contributed by atoms with E-state index in [1.807, 2.05) is 25.1 Å². The molecule has 0 atom stereocenters. The molecule has 240 valence electrons. The second kappa shape index (κ2) is 18.7. The molecule has 44 heavy (non-hydrogen) atoms. The van der Waals surface area contributed by atoms with Crippen molar-refractivity contribution in [2.24, 2.45) is 0 Å². The third kappa shape index (κ3) is 10.5. The number of anilines is 1. The van der Waals surface area contributed by atoms with Gasteiger partial charge in [-0.25, -0.2) is 0 Å². The Kier molecular flexibility index (Phi) is 14.3. The average Bonchev–Trinajstić information content (AvgIpc) is 3.83. The van der Waals surface area contributed by atoms with Gasteiger partial charge in [-0.1, -0.05) is 48.9 Å². The number of allylic oxidation sites excluding steroid dienone is 2. The Bertz CT molecular complexity index is 1230. The average molecular weight is 608 g/mol. The number of benzene rings is 2. The smallest absolute Gasteiger partial charge is 0.227 e. The van der Waals surface area contributed by atoms with Crippen LogP contribution in [0.4, 0.5) is 5.69 Å². The Hall–Kier alpha value is -3.08. The number of amides is 2. The molecule has 1 N–H and O–H groups in total. The third-order valence-corrected chi connectivity index (χ3v) is 7.97. The summed E-state index contributed by atoms with van der Waals surface area (Å²) in [5, 5.41) is 3.02. The fourth-order valence-electron chi connectivity index (χ4n) is 5.39. The molecule has 0 fully saturated rings. The summed E-state index contributed by atoms with van der Waals surface area (Å²) in [7, 11) is 3.72. The van der Waals surface area contributed by atoms with E-state index < -0.39 is 0 Å². The van der Waals surface area contributed by atoms with Crippen molar-refractivity contribution in [3.05, 3.63) is 65.2 Å². The quantitative estimate of drug-likeness (QED) is 0.209. The summed E-state index contributed by atoms with van der Waals surface area (Å²) in [4.78, 5) is 29.7. The highest BCUT2D eigenvalue weighted by Gasteiger charge is 2.33. The van der Waals surface area contributed by atoms with Crippen molar-refractivity contribution < 1.29 is 28.5 Å². The van der Waals surface area contributed by atoms with Crippen LogP contribution in [0, 0.1) is 0 Å². The molecule has 4 rings (SSSR count). The van der Waals surface area contributed by atoms with E-state index in [2.05, 4.69) is 47.8 Å². The lowest BCUT2D eigenvalue weighted by molar-refractivity contribution is -0.131. The van der Waals surface area contributed by atoms with Crippen molar-refractivity contribution in [2.75, 3.05) is 84.9 Å². The van der Waals surface area contributed by atoms with Crippen LogP contribution >= 0.6 is 0 Å². The molecule has 0 bridgehead atoms. The fraction of sp³-hybridized carbons (Fsp3) is 0.543. The molecule has 0 radical (unpaired) electrons. The lowest BCUT2D eigenvalue weighted by Gasteiger charge is -2.27. The third-order valence-electron chi connectivity index (χ3n) is 7.97. The van der Waals surface area contributed by atoms with Gasteiger partial charge < -0.3 is 34.1 Å². The predicted octanol–water partition coefficient (Wildman–Crippen LogP) is 4.54. The molecule has 2 aromatic carbocycles. The zero-order valence-electron chi connectivity index (χ0n) is 26.5. The summed E-state index contributed by atoms with van der Waals surface area (Å²) < 4.78 is 21.9. The van der Waals surface area contributed by atoms with Gasteiger partial charge in [0.15, 0.2) is 0 Å². The maximum absolute atomic E-state index is 13.5. The number of carbonyl (C=O) groups excluding carboxylic acids is 2. The van der Waals surface area contributed by atoms with Gasteiger partial charge in [0.25, 0.3) is 0 Å². The first kappa shape index (κ1) is 33.8. The highest BCUT2D eigenvalue weighted by molar-refractivity contribution is 6.12. The minimum atomic E-state index is 0.0667. The zero-order chi connectivity index (χ0) is 31.0. The van der Waals surface area contributed by atoms with E-state index in [4.69, 9.17) is 18.9 Å². The van der Waals surface area contributed by atoms with Crippen LogP contribution in [-0.2, 0) is 35.1 Å². The van der Waals surface area contributed by atoms with Gasteiger partial charge in [0.05, 0.1) is 71.5 Å². The highest BCUT2D eigenvalue weighted by atomic mass is 16.6. The minimum absolute atomic E-state index is 0.0667. The Morgan fingerprint density at radius 1 is 0.750 bits per heavy atom. The number of nitrogens with zero attached hydrogens (tertiary/aromatic N) is 2. The van der Waals surface area contributed by atoms with Crippen LogP contribution in [0.5, 0.6) is 0 Å². The number of unbranched alkanes of at least 4 members (excludes halogenated alkanes) is 2. The van der Waals surface area contributed by atoms with E-state index in [1.165, 1.54) is 27.8 Å². The zero-order valence-corrected chi connectivity index (χ0v) is 26.5. The van der Waals surface area contributed by atoms with Crippen molar-refractivity contribution in [1.29, 1.82) is 0 Å². The van der Waals surface area contributed by atoms with E-state index in [0.717, 1.165) is 37.9 Å². The van der Waals surface area contributed by atoms with Crippen molar-refractivity contribution >= 4 is 28.6 Å². The van der Waals surface area contributed by atoms with Gasteiger partial charge in [-0.2, -0.15) is 0 Å². The SMILES string of the molecule is CNCCOCCOCCOCCOCCC(=O)N(C)CCCCCC(=O)N1Cc2ccccc2C2=C(C2)c2ccccc21. The first-order valence-electron chi connectivity index (χ1n) is 16.0. The van der Waals surface area contributed by atoms with Gasteiger partial charge in [-0.05, 0) is 54.6 Å². The van der Waals surface area contributed by atoms with Crippen LogP contribution in [0.3, 0.4) is 0 Å². The Morgan fingerprint density at radius 2 is 1.36 bits per heavy atom. The molecule has 0 saturated heterocycles. The molecule has 2 aromatic rings. The molecule has 1 aliphatic heterocycles. The van der Waals surface area contributed by atoms with Gasteiger partial charge in [-0.3, -0.25) is 9.59 Å². The van der Waals surface area contributed by atoms with Crippen LogP contribution in [0.2, 0.25) is 0 Å². The van der Waals surface area contributed by atoms with Crippen molar-refractivity contribution in [2.45, 2.75) is 45.1 Å². The molecule has 2 aliphatic rings. The lowest BCUT2D eigenvalue weighted by Crippen LogP contribution is -2.31. The molecule has 1 heterocycles. The summed E-state index contributed by atoms with van der Waals surface area (Å²) in [5.41, 5.74) is 7.46. The van der Waals surface area contributed by atoms with E-state index in [1.54, 1.807) is 4.90 Å². The number of nitrogens with one attached hydrogen (secondary N) is 1. The maximum Gasteiger partial charge on any atom is 0.227 e. The standard InChI is InChI=1S/C35H49N3O6/c1-36-16-19-42-21-23-44-25-24-43-22-20-41-18-15-34(39)37(2)17-9-3-4-14-35(40)38-27-28-10-5-6-11-29(28)31-26-32(31)30-12-7-8-13-33(30)38/h5-8,10-13,36H,3-4,9,14-27H2,1-2H3. The molecular weight excluding hydrogens is 558 g/mol. The first-order chi connectivity index (χ1) is 21.6. The molecule has 9 nitrogen and oxygen atoms in total. The van der Waals surface area contributed by atoms with E-state index in [0.29, 0.717) is 78.8 Å². The van der Waals surface area contributed by atoms with Crippen molar-refractivity contribution in [3.63, 3.8) is 0 Å². The normalized spacial score (nSPS) is 13.5. The number of likely N-dealkylation sites (N-methyl/N-ethyl adjacent to an activating group) is 1. The predicted molar refractivity (Wildman–Crippen MR) is 173 cm³/mol. The van der Waals surface area contributed by atoms with Crippen LogP contribution in [0.15, 0.2) is 48.5 Å². The topological polar surface area (TPSA) is 89.6 Å². The molecule has 0 unspecified atom stereocenters. The Balaban J connectivity index is 1.05. The monoisotopic (exact) mass is 607 g/mol. The van der Waals surface area contributed by atoms with E-state index in [9.17, 15) is 9.59 Å². The van der Waals surface area contributed by atoms with Gasteiger partial charge >= 0.3 is 0 Å². The largest absolute Gasteiger partial charge is 0.379 e. The summed E-state index contributed by atoms with van der Waals surface area (Å²) in [6.07, 6.45) is 4.39. The second-order valence-corrected chi connectivity index (χ2v) is 11.2. The Labute approximate surface area is 262 Å². The molecule has 0 aromatic heterocycles. The minimum Gasteiger partial charge on any atom is -0.379 e. The van der Waals surface area contributed by atoms with E-state index in [-0.39, 0.29) is 11.8 Å². The summed E-state index contributed by atoms with van der Waals surface area (Å²) in [6.45, 7) is 6.24. The summed E-state index contributed by atoms with van der Waals surface area (Å²) in [5.74, 6) is 0.220. The molecule has 9 heteroatoms. The summed E-state index contributed by atoms with van der Waals surface area (Å²) in [6, 6.07) is 16.7. The summed E-state index contributed by atoms with van der Waals surface area (Å²) >= 11 is 0. The second-order valence-electron chi connectivity index (χ2n) is 11.2. The van der Waals surface area contributed by atoms with E-state index >= 15 is 0 Å².